The van der Waals surface area contributed by atoms with Gasteiger partial charge in [-0.25, -0.2) is 4.79 Å². The summed E-state index contributed by atoms with van der Waals surface area (Å²) < 4.78 is 16.0. The van der Waals surface area contributed by atoms with E-state index in [-0.39, 0.29) is 5.97 Å². The summed E-state index contributed by atoms with van der Waals surface area (Å²) in [6.45, 7) is 5.18. The number of carbonyl (C=O) groups is 1. The number of hydrogen-bond acceptors (Lipinski definition) is 5. The fourth-order valence-corrected chi connectivity index (χ4v) is 3.40. The second-order valence-corrected chi connectivity index (χ2v) is 6.07. The van der Waals surface area contributed by atoms with Gasteiger partial charge in [-0.1, -0.05) is 6.07 Å². The predicted octanol–water partition coefficient (Wildman–Crippen LogP) is 3.91. The van der Waals surface area contributed by atoms with Crippen LogP contribution in [0, 0.1) is 0 Å². The van der Waals surface area contributed by atoms with Crippen LogP contribution in [0.4, 0.5) is 0 Å². The molecule has 0 amide bonds. The quantitative estimate of drug-likeness (QED) is 0.572. The smallest absolute Gasteiger partial charge is 0.339 e. The summed E-state index contributed by atoms with van der Waals surface area (Å²) in [7, 11) is 0.434. The van der Waals surface area contributed by atoms with Crippen molar-refractivity contribution in [3.05, 3.63) is 41.6 Å². The van der Waals surface area contributed by atoms with E-state index in [1.54, 1.807) is 6.07 Å². The van der Waals surface area contributed by atoms with E-state index in [1.165, 1.54) is 13.3 Å². The van der Waals surface area contributed by atoms with Crippen LogP contribution in [0.1, 0.15) is 29.8 Å². The Morgan fingerprint density at radius 3 is 2.55 bits per heavy atom. The van der Waals surface area contributed by atoms with E-state index >= 15 is 0 Å². The van der Waals surface area contributed by atoms with Crippen LogP contribution < -0.4 is 0 Å². The summed E-state index contributed by atoms with van der Waals surface area (Å²) in [5.74, 6) is -0.384. The number of aromatic nitrogens is 1. The number of rotatable bonds is 7. The molecule has 1 aromatic carbocycles. The first kappa shape index (κ1) is 16.8. The Morgan fingerprint density at radius 2 is 1.91 bits per heavy atom. The van der Waals surface area contributed by atoms with Crippen molar-refractivity contribution in [2.45, 2.75) is 20.0 Å². The third-order valence-electron chi connectivity index (χ3n) is 3.02. The monoisotopic (exact) mass is 321 g/mol. The van der Waals surface area contributed by atoms with Crippen LogP contribution in [-0.4, -0.2) is 31.3 Å². The minimum absolute atomic E-state index is 0.384. The van der Waals surface area contributed by atoms with Gasteiger partial charge in [0.05, 0.1) is 31.4 Å². The van der Waals surface area contributed by atoms with Crippen molar-refractivity contribution in [2.24, 2.45) is 0 Å². The van der Waals surface area contributed by atoms with Crippen molar-refractivity contribution in [3.8, 4) is 0 Å². The van der Waals surface area contributed by atoms with Gasteiger partial charge >= 0.3 is 5.97 Å². The fourth-order valence-electron chi connectivity index (χ4n) is 2.07. The Hall–Kier alpha value is -1.55. The van der Waals surface area contributed by atoms with Crippen molar-refractivity contribution >= 4 is 25.2 Å². The van der Waals surface area contributed by atoms with E-state index in [4.69, 9.17) is 13.8 Å². The molecule has 0 unspecified atom stereocenters. The maximum atomic E-state index is 11.6. The van der Waals surface area contributed by atoms with E-state index < -0.39 is 8.38 Å². The highest BCUT2D eigenvalue weighted by Gasteiger charge is 2.12. The van der Waals surface area contributed by atoms with Gasteiger partial charge < -0.3 is 13.8 Å². The highest BCUT2D eigenvalue weighted by Crippen LogP contribution is 2.42. The largest absolute Gasteiger partial charge is 0.465 e. The van der Waals surface area contributed by atoms with Crippen molar-refractivity contribution in [1.29, 1.82) is 0 Å². The maximum absolute atomic E-state index is 11.6. The summed E-state index contributed by atoms with van der Waals surface area (Å²) in [6.07, 6.45) is 2.25. The lowest BCUT2D eigenvalue weighted by atomic mass is 10.1. The van der Waals surface area contributed by atoms with Crippen molar-refractivity contribution in [1.82, 2.24) is 4.98 Å². The molecular weight excluding hydrogens is 301 g/mol. The average molecular weight is 321 g/mol. The van der Waals surface area contributed by atoms with Crippen LogP contribution in [-0.2, 0) is 19.9 Å². The van der Waals surface area contributed by atoms with Crippen molar-refractivity contribution in [2.75, 3.05) is 20.3 Å². The Morgan fingerprint density at radius 1 is 1.18 bits per heavy atom. The Balaban J connectivity index is 2.25. The minimum atomic E-state index is -0.928. The van der Waals surface area contributed by atoms with Gasteiger partial charge in [0, 0.05) is 17.7 Å². The Bertz CT molecular complexity index is 641. The van der Waals surface area contributed by atoms with Crippen LogP contribution in [0.15, 0.2) is 30.5 Å². The molecule has 0 spiro atoms. The Kier molecular flexibility index (Phi) is 6.25. The zero-order chi connectivity index (χ0) is 15.9. The topological polar surface area (TPSA) is 57.7 Å². The SMILES string of the molecule is CCOP(Cc1ccc2ncc(C(=O)OC)cc2c1)OCC. The first-order valence-corrected chi connectivity index (χ1v) is 8.54. The number of carbonyl (C=O) groups excluding carboxylic acids is 1. The van der Waals surface area contributed by atoms with E-state index in [1.807, 2.05) is 32.0 Å². The highest BCUT2D eigenvalue weighted by atomic mass is 31.2. The molecule has 0 saturated carbocycles. The van der Waals surface area contributed by atoms with Crippen molar-refractivity contribution in [3.63, 3.8) is 0 Å². The standard InChI is InChI=1S/C16H20NO4P/c1-4-20-22(21-5-2)11-12-6-7-15-13(8-12)9-14(10-17-15)16(18)19-3/h6-10H,4-5,11H2,1-3H3. The van der Waals surface area contributed by atoms with Gasteiger partial charge in [0.1, 0.15) is 0 Å². The summed E-state index contributed by atoms with van der Waals surface area (Å²) in [5, 5.41) is 0.906. The summed E-state index contributed by atoms with van der Waals surface area (Å²) >= 11 is 0. The summed E-state index contributed by atoms with van der Waals surface area (Å²) in [4.78, 5) is 15.9. The molecule has 0 atom stereocenters. The van der Waals surface area contributed by atoms with Gasteiger partial charge in [-0.2, -0.15) is 0 Å². The molecular formula is C16H20NO4P. The van der Waals surface area contributed by atoms with Gasteiger partial charge in [0.15, 0.2) is 8.38 Å². The number of pyridine rings is 1. The second kappa shape index (κ2) is 8.18. The molecule has 5 nitrogen and oxygen atoms in total. The molecule has 22 heavy (non-hydrogen) atoms. The third kappa shape index (κ3) is 4.23. The fraction of sp³-hybridized carbons (Fsp3) is 0.375. The molecule has 2 rings (SSSR count). The molecule has 0 radical (unpaired) electrons. The number of fused-ring (bicyclic) bond motifs is 1. The average Bonchev–Trinajstić information content (AvgIpc) is 2.54. The van der Waals surface area contributed by atoms with E-state index in [0.29, 0.717) is 18.8 Å². The maximum Gasteiger partial charge on any atom is 0.339 e. The van der Waals surface area contributed by atoms with Crippen molar-refractivity contribution < 1.29 is 18.6 Å². The lowest BCUT2D eigenvalue weighted by molar-refractivity contribution is 0.0600. The molecule has 0 saturated heterocycles. The van der Waals surface area contributed by atoms with Crippen LogP contribution in [0.3, 0.4) is 0 Å². The molecule has 1 heterocycles. The first-order valence-electron chi connectivity index (χ1n) is 7.18. The lowest BCUT2D eigenvalue weighted by Crippen LogP contribution is -2.01. The molecule has 1 aromatic heterocycles. The molecule has 0 fully saturated rings. The number of benzene rings is 1. The van der Waals surface area contributed by atoms with Gasteiger partial charge in [0.25, 0.3) is 0 Å². The van der Waals surface area contributed by atoms with Crippen LogP contribution in [0.25, 0.3) is 10.9 Å². The normalized spacial score (nSPS) is 11.1. The number of nitrogens with zero attached hydrogens (tertiary/aromatic N) is 1. The van der Waals surface area contributed by atoms with E-state index in [9.17, 15) is 4.79 Å². The van der Waals surface area contributed by atoms with Gasteiger partial charge in [0.2, 0.25) is 0 Å². The lowest BCUT2D eigenvalue weighted by Gasteiger charge is -2.15. The zero-order valence-electron chi connectivity index (χ0n) is 13.0. The molecule has 0 aliphatic heterocycles. The number of methoxy groups -OCH3 is 1. The summed E-state index contributed by atoms with van der Waals surface area (Å²) in [6, 6.07) is 7.76. The zero-order valence-corrected chi connectivity index (χ0v) is 13.9. The van der Waals surface area contributed by atoms with Gasteiger partial charge in [-0.05, 0) is 37.6 Å². The van der Waals surface area contributed by atoms with E-state index in [2.05, 4.69) is 4.98 Å². The first-order chi connectivity index (χ1) is 10.7. The molecule has 0 aliphatic carbocycles. The molecule has 2 aromatic rings. The minimum Gasteiger partial charge on any atom is -0.465 e. The second-order valence-electron chi connectivity index (χ2n) is 4.57. The predicted molar refractivity (Wildman–Crippen MR) is 87.0 cm³/mol. The molecule has 0 aliphatic rings. The van der Waals surface area contributed by atoms with Crippen LogP contribution in [0.5, 0.6) is 0 Å². The molecule has 6 heteroatoms. The van der Waals surface area contributed by atoms with Crippen LogP contribution >= 0.6 is 8.38 Å². The van der Waals surface area contributed by atoms with Gasteiger partial charge in [-0.15, -0.1) is 0 Å². The molecule has 0 N–H and O–H groups in total. The number of esters is 1. The summed E-state index contributed by atoms with van der Waals surface area (Å²) in [5.41, 5.74) is 2.39. The number of hydrogen-bond donors (Lipinski definition) is 0. The Labute approximate surface area is 131 Å². The highest BCUT2D eigenvalue weighted by molar-refractivity contribution is 7.46. The number of ether oxygens (including phenoxy) is 1. The molecule has 0 bridgehead atoms. The molecule has 118 valence electrons. The van der Waals surface area contributed by atoms with Gasteiger partial charge in [-0.3, -0.25) is 4.98 Å². The van der Waals surface area contributed by atoms with Crippen LogP contribution in [0.2, 0.25) is 0 Å². The van der Waals surface area contributed by atoms with E-state index in [0.717, 1.165) is 22.6 Å². The third-order valence-corrected chi connectivity index (χ3v) is 4.74.